The van der Waals surface area contributed by atoms with Gasteiger partial charge in [-0.3, -0.25) is 4.72 Å². The molecule has 4 rings (SSSR count). The molecule has 0 saturated heterocycles. The molecule has 1 aliphatic rings. The Morgan fingerprint density at radius 3 is 2.85 bits per heavy atom. The fraction of sp³-hybridized carbons (Fsp3) is 0.400. The summed E-state index contributed by atoms with van der Waals surface area (Å²) in [7, 11) is 1.88. The summed E-state index contributed by atoms with van der Waals surface area (Å²) in [4.78, 5) is 4.57. The Balaban J connectivity index is 0.000000383. The van der Waals surface area contributed by atoms with Gasteiger partial charge in [0, 0.05) is 23.5 Å². The Hall–Kier alpha value is -2.86. The van der Waals surface area contributed by atoms with Gasteiger partial charge in [0.2, 0.25) is 5.82 Å². The van der Waals surface area contributed by atoms with Crippen LogP contribution in [0.2, 0.25) is 0 Å². The highest BCUT2D eigenvalue weighted by Gasteiger charge is 2.20. The zero-order valence-corrected chi connectivity index (χ0v) is 20.1. The number of aliphatic hydroxyl groups is 1. The fourth-order valence-electron chi connectivity index (χ4n) is 3.63. The first kappa shape index (κ1) is 24.8. The normalized spacial score (nSPS) is 12.1. The second-order valence-electron chi connectivity index (χ2n) is 7.84. The van der Waals surface area contributed by atoms with Gasteiger partial charge in [0.1, 0.15) is 11.8 Å². The van der Waals surface area contributed by atoms with Gasteiger partial charge in [-0.2, -0.15) is 10.2 Å². The van der Waals surface area contributed by atoms with Crippen LogP contribution in [0.1, 0.15) is 43.4 Å². The fourth-order valence-corrected chi connectivity index (χ4v) is 4.10. The van der Waals surface area contributed by atoms with Crippen molar-refractivity contribution in [1.82, 2.24) is 14.9 Å². The third kappa shape index (κ3) is 6.57. The van der Waals surface area contributed by atoms with Gasteiger partial charge in [-0.05, 0) is 75.9 Å². The van der Waals surface area contributed by atoms with E-state index in [2.05, 4.69) is 27.0 Å². The summed E-state index contributed by atoms with van der Waals surface area (Å²) in [6.45, 7) is 4.16. The molecule has 0 atom stereocenters. The zero-order valence-electron chi connectivity index (χ0n) is 19.3. The lowest BCUT2D eigenvalue weighted by atomic mass is 10.0. The molecule has 0 radical (unpaired) electrons. The van der Waals surface area contributed by atoms with Crippen molar-refractivity contribution in [3.8, 4) is 34.7 Å². The van der Waals surface area contributed by atoms with Gasteiger partial charge < -0.3 is 14.4 Å². The highest BCUT2D eigenvalue weighted by molar-refractivity contribution is 7.97. The summed E-state index contributed by atoms with van der Waals surface area (Å²) in [6, 6.07) is 13.8. The Bertz CT molecular complexity index is 1090. The predicted molar refractivity (Wildman–Crippen MR) is 131 cm³/mol. The molecule has 0 spiro atoms. The second kappa shape index (κ2) is 12.4. The maximum atomic E-state index is 9.40. The largest absolute Gasteiger partial charge is 0.490 e. The average Bonchev–Trinajstić information content (AvgIpc) is 3.49. The minimum atomic E-state index is 0.00290. The molecule has 0 bridgehead atoms. The average molecular weight is 467 g/mol. The van der Waals surface area contributed by atoms with Crippen LogP contribution in [0.25, 0.3) is 22.8 Å². The number of ether oxygens (including phenoxy) is 1. The number of aryl methyl sites for hydroxylation is 1. The van der Waals surface area contributed by atoms with Crippen LogP contribution >= 0.6 is 11.9 Å². The number of hydrogen-bond acceptors (Lipinski definition) is 8. The summed E-state index contributed by atoms with van der Waals surface area (Å²) in [5.74, 6) is 2.56. The van der Waals surface area contributed by atoms with Crippen molar-refractivity contribution in [2.24, 2.45) is 0 Å². The number of fused-ring (bicyclic) bond motifs is 1. The molecule has 7 nitrogen and oxygen atoms in total. The molecule has 1 heterocycles. The lowest BCUT2D eigenvalue weighted by Gasteiger charge is -2.11. The number of nitriles is 1. The number of aliphatic hydroxyl groups excluding tert-OH is 1. The van der Waals surface area contributed by atoms with E-state index in [0.717, 1.165) is 30.6 Å². The van der Waals surface area contributed by atoms with Crippen molar-refractivity contribution in [2.45, 2.75) is 45.6 Å². The predicted octanol–water partition coefficient (Wildman–Crippen LogP) is 4.79. The standard InChI is InChI=1S/C21H19N3O2.C4H11NOS/c1-13(2)25-19-10-9-15(11-16(19)12-22)21-23-20(24-26-21)18-8-4-6-14-5-3-7-17(14)18;1-5-7-4-2-3-6/h4,6,8-11,13H,3,5,7H2,1-2H3;5-6H,2-4H2,1H3. The Morgan fingerprint density at radius 2 is 2.12 bits per heavy atom. The van der Waals surface area contributed by atoms with Gasteiger partial charge in [0.15, 0.2) is 0 Å². The van der Waals surface area contributed by atoms with Crippen molar-refractivity contribution >= 4 is 11.9 Å². The van der Waals surface area contributed by atoms with E-state index in [1.54, 1.807) is 24.1 Å². The first-order valence-electron chi connectivity index (χ1n) is 11.1. The van der Waals surface area contributed by atoms with E-state index in [1.165, 1.54) is 17.5 Å². The number of nitrogens with zero attached hydrogens (tertiary/aromatic N) is 3. The summed E-state index contributed by atoms with van der Waals surface area (Å²) < 4.78 is 14.0. The van der Waals surface area contributed by atoms with E-state index in [9.17, 15) is 5.26 Å². The van der Waals surface area contributed by atoms with Crippen LogP contribution in [0, 0.1) is 11.3 Å². The van der Waals surface area contributed by atoms with Gasteiger partial charge >= 0.3 is 0 Å². The maximum absolute atomic E-state index is 9.40. The summed E-state index contributed by atoms with van der Waals surface area (Å²) in [5.41, 5.74) is 4.89. The Morgan fingerprint density at radius 1 is 1.27 bits per heavy atom. The molecule has 0 amide bonds. The van der Waals surface area contributed by atoms with Crippen molar-refractivity contribution in [3.63, 3.8) is 0 Å². The van der Waals surface area contributed by atoms with Crippen LogP contribution in [0.5, 0.6) is 5.75 Å². The van der Waals surface area contributed by atoms with Crippen molar-refractivity contribution in [2.75, 3.05) is 19.4 Å². The smallest absolute Gasteiger partial charge is 0.258 e. The van der Waals surface area contributed by atoms with Gasteiger partial charge in [-0.15, -0.1) is 0 Å². The molecule has 0 aliphatic heterocycles. The molecule has 174 valence electrons. The lowest BCUT2D eigenvalue weighted by molar-refractivity contribution is 0.241. The SMILES string of the molecule is CC(C)Oc1ccc(-c2nc(-c3cccc4c3CCC4)no2)cc1C#N.CNSCCCO. The van der Waals surface area contributed by atoms with Crippen molar-refractivity contribution in [3.05, 3.63) is 53.1 Å². The Labute approximate surface area is 199 Å². The summed E-state index contributed by atoms with van der Waals surface area (Å²) in [5, 5.41) is 21.8. The molecule has 2 aromatic carbocycles. The molecule has 2 N–H and O–H groups in total. The van der Waals surface area contributed by atoms with Crippen LogP contribution in [0.4, 0.5) is 0 Å². The van der Waals surface area contributed by atoms with Gasteiger partial charge in [0.05, 0.1) is 11.7 Å². The van der Waals surface area contributed by atoms with Gasteiger partial charge in [-0.1, -0.05) is 35.3 Å². The van der Waals surface area contributed by atoms with Gasteiger partial charge in [-0.25, -0.2) is 0 Å². The van der Waals surface area contributed by atoms with E-state index < -0.39 is 0 Å². The van der Waals surface area contributed by atoms with Crippen LogP contribution < -0.4 is 9.46 Å². The molecular formula is C25H30N4O3S. The van der Waals surface area contributed by atoms with E-state index in [1.807, 2.05) is 39.1 Å². The van der Waals surface area contributed by atoms with Crippen molar-refractivity contribution in [1.29, 1.82) is 5.26 Å². The third-order valence-electron chi connectivity index (χ3n) is 5.07. The topological polar surface area (TPSA) is 104 Å². The van der Waals surface area contributed by atoms with E-state index in [-0.39, 0.29) is 6.10 Å². The molecule has 0 fully saturated rings. The number of benzene rings is 2. The third-order valence-corrected chi connectivity index (χ3v) is 5.85. The van der Waals surface area contributed by atoms with Crippen LogP contribution in [-0.4, -0.2) is 40.8 Å². The molecule has 1 aliphatic carbocycles. The highest BCUT2D eigenvalue weighted by Crippen LogP contribution is 2.32. The monoisotopic (exact) mass is 466 g/mol. The lowest BCUT2D eigenvalue weighted by Crippen LogP contribution is -2.06. The van der Waals surface area contributed by atoms with E-state index >= 15 is 0 Å². The zero-order chi connectivity index (χ0) is 23.6. The first-order valence-corrected chi connectivity index (χ1v) is 12.1. The molecule has 0 saturated carbocycles. The minimum Gasteiger partial charge on any atom is -0.490 e. The maximum Gasteiger partial charge on any atom is 0.258 e. The van der Waals surface area contributed by atoms with E-state index in [0.29, 0.717) is 35.2 Å². The number of nitrogens with one attached hydrogen (secondary N) is 1. The molecule has 3 aromatic rings. The van der Waals surface area contributed by atoms with Gasteiger partial charge in [0.25, 0.3) is 5.89 Å². The Kier molecular flexibility index (Phi) is 9.31. The molecule has 8 heteroatoms. The molecule has 33 heavy (non-hydrogen) atoms. The first-order chi connectivity index (χ1) is 16.1. The number of hydrogen-bond donors (Lipinski definition) is 2. The molecule has 1 aromatic heterocycles. The number of aromatic nitrogens is 2. The summed E-state index contributed by atoms with van der Waals surface area (Å²) >= 11 is 1.62. The van der Waals surface area contributed by atoms with Crippen LogP contribution in [0.15, 0.2) is 40.9 Å². The van der Waals surface area contributed by atoms with Crippen molar-refractivity contribution < 1.29 is 14.4 Å². The van der Waals surface area contributed by atoms with Crippen LogP contribution in [-0.2, 0) is 12.8 Å². The van der Waals surface area contributed by atoms with E-state index in [4.69, 9.17) is 14.4 Å². The quantitative estimate of drug-likeness (QED) is 0.361. The molecule has 0 unspecified atom stereocenters. The summed E-state index contributed by atoms with van der Waals surface area (Å²) in [6.07, 6.45) is 4.21. The minimum absolute atomic E-state index is 0.00290. The second-order valence-corrected chi connectivity index (χ2v) is 8.94. The van der Waals surface area contributed by atoms with Crippen LogP contribution in [0.3, 0.4) is 0 Å². The number of rotatable bonds is 8. The highest BCUT2D eigenvalue weighted by atomic mass is 32.2. The molecular weight excluding hydrogens is 436 g/mol.